The van der Waals surface area contributed by atoms with Gasteiger partial charge in [-0.2, -0.15) is 0 Å². The first-order valence-corrected chi connectivity index (χ1v) is 6.81. The number of rotatable bonds is 5. The standard InChI is InChI=1S/C15H15Cl2NO/c16-13-8-4-7-12(15(13)17)14(18)9-10-19-11-5-2-1-3-6-11/h1-8,14H,9-10,18H2. The van der Waals surface area contributed by atoms with E-state index >= 15 is 0 Å². The van der Waals surface area contributed by atoms with E-state index in [0.29, 0.717) is 23.1 Å². The first-order chi connectivity index (χ1) is 9.18. The molecule has 2 aromatic carbocycles. The van der Waals surface area contributed by atoms with Gasteiger partial charge in [0.2, 0.25) is 0 Å². The molecule has 100 valence electrons. The fourth-order valence-corrected chi connectivity index (χ4v) is 2.23. The van der Waals surface area contributed by atoms with Crippen molar-refractivity contribution in [1.82, 2.24) is 0 Å². The van der Waals surface area contributed by atoms with E-state index < -0.39 is 0 Å². The number of ether oxygens (including phenoxy) is 1. The minimum absolute atomic E-state index is 0.185. The second-order valence-corrected chi connectivity index (χ2v) is 4.98. The average Bonchev–Trinajstić information content (AvgIpc) is 2.43. The lowest BCUT2D eigenvalue weighted by molar-refractivity contribution is 0.298. The van der Waals surface area contributed by atoms with Gasteiger partial charge in [-0.05, 0) is 23.8 Å². The van der Waals surface area contributed by atoms with Crippen LogP contribution in [0.25, 0.3) is 0 Å². The highest BCUT2D eigenvalue weighted by molar-refractivity contribution is 6.42. The Balaban J connectivity index is 1.91. The third kappa shape index (κ3) is 3.87. The lowest BCUT2D eigenvalue weighted by Gasteiger charge is -2.15. The van der Waals surface area contributed by atoms with Crippen molar-refractivity contribution < 1.29 is 4.74 Å². The molecule has 0 spiro atoms. The molecule has 2 N–H and O–H groups in total. The third-order valence-electron chi connectivity index (χ3n) is 2.82. The lowest BCUT2D eigenvalue weighted by Crippen LogP contribution is -2.14. The number of nitrogens with two attached hydrogens (primary N) is 1. The Bertz CT molecular complexity index is 531. The number of hydrogen-bond donors (Lipinski definition) is 1. The Hall–Kier alpha value is -1.22. The minimum Gasteiger partial charge on any atom is -0.494 e. The smallest absolute Gasteiger partial charge is 0.119 e. The molecule has 1 unspecified atom stereocenters. The van der Waals surface area contributed by atoms with Gasteiger partial charge in [-0.25, -0.2) is 0 Å². The van der Waals surface area contributed by atoms with E-state index in [1.807, 2.05) is 42.5 Å². The van der Waals surface area contributed by atoms with Gasteiger partial charge >= 0.3 is 0 Å². The lowest BCUT2D eigenvalue weighted by atomic mass is 10.1. The molecule has 0 heterocycles. The number of para-hydroxylation sites is 1. The molecule has 2 nitrogen and oxygen atoms in total. The molecule has 0 saturated heterocycles. The maximum absolute atomic E-state index is 6.13. The summed E-state index contributed by atoms with van der Waals surface area (Å²) in [5, 5.41) is 1.05. The zero-order valence-electron chi connectivity index (χ0n) is 10.4. The average molecular weight is 296 g/mol. The summed E-state index contributed by atoms with van der Waals surface area (Å²) < 4.78 is 5.61. The molecule has 2 rings (SSSR count). The third-order valence-corrected chi connectivity index (χ3v) is 3.66. The predicted octanol–water partition coefficient (Wildman–Crippen LogP) is 4.46. The van der Waals surface area contributed by atoms with Crippen LogP contribution in [0.4, 0.5) is 0 Å². The molecule has 0 radical (unpaired) electrons. The van der Waals surface area contributed by atoms with Crippen LogP contribution in [0.3, 0.4) is 0 Å². The maximum atomic E-state index is 6.13. The Kier molecular flexibility index (Phi) is 5.08. The SMILES string of the molecule is NC(CCOc1ccccc1)c1cccc(Cl)c1Cl. The highest BCUT2D eigenvalue weighted by Gasteiger charge is 2.12. The van der Waals surface area contributed by atoms with E-state index in [1.165, 1.54) is 0 Å². The summed E-state index contributed by atoms with van der Waals surface area (Å²) in [7, 11) is 0. The summed E-state index contributed by atoms with van der Waals surface area (Å²) >= 11 is 12.1. The fraction of sp³-hybridized carbons (Fsp3) is 0.200. The molecule has 0 aliphatic rings. The predicted molar refractivity (Wildman–Crippen MR) is 79.9 cm³/mol. The summed E-state index contributed by atoms with van der Waals surface area (Å²) in [6.45, 7) is 0.536. The Morgan fingerprint density at radius 2 is 1.74 bits per heavy atom. The first-order valence-electron chi connectivity index (χ1n) is 6.06. The molecule has 19 heavy (non-hydrogen) atoms. The Morgan fingerprint density at radius 3 is 2.47 bits per heavy atom. The van der Waals surface area contributed by atoms with Crippen LogP contribution in [0.2, 0.25) is 10.0 Å². The van der Waals surface area contributed by atoms with Gasteiger partial charge in [0.1, 0.15) is 5.75 Å². The van der Waals surface area contributed by atoms with E-state index in [9.17, 15) is 0 Å². The van der Waals surface area contributed by atoms with Crippen LogP contribution >= 0.6 is 23.2 Å². The number of hydrogen-bond acceptors (Lipinski definition) is 2. The van der Waals surface area contributed by atoms with Gasteiger partial charge in [-0.1, -0.05) is 53.5 Å². The second kappa shape index (κ2) is 6.80. The number of halogens is 2. The molecule has 1 atom stereocenters. The van der Waals surface area contributed by atoms with Gasteiger partial charge in [-0.15, -0.1) is 0 Å². The van der Waals surface area contributed by atoms with Crippen molar-refractivity contribution in [2.24, 2.45) is 5.73 Å². The summed E-state index contributed by atoms with van der Waals surface area (Å²) in [6, 6.07) is 14.9. The van der Waals surface area contributed by atoms with Crippen LogP contribution in [0.1, 0.15) is 18.0 Å². The molecule has 0 amide bonds. The van der Waals surface area contributed by atoms with Crippen molar-refractivity contribution in [2.45, 2.75) is 12.5 Å². The highest BCUT2D eigenvalue weighted by Crippen LogP contribution is 2.30. The molecule has 0 aliphatic carbocycles. The van der Waals surface area contributed by atoms with Gasteiger partial charge in [0.15, 0.2) is 0 Å². The molecule has 0 bridgehead atoms. The van der Waals surface area contributed by atoms with Crippen molar-refractivity contribution in [3.8, 4) is 5.75 Å². The van der Waals surface area contributed by atoms with Crippen LogP contribution in [-0.4, -0.2) is 6.61 Å². The van der Waals surface area contributed by atoms with Crippen molar-refractivity contribution in [2.75, 3.05) is 6.61 Å². The van der Waals surface area contributed by atoms with E-state index in [1.54, 1.807) is 6.07 Å². The molecule has 0 aliphatic heterocycles. The van der Waals surface area contributed by atoms with Crippen LogP contribution in [-0.2, 0) is 0 Å². The van der Waals surface area contributed by atoms with Crippen LogP contribution in [0.5, 0.6) is 5.75 Å². The summed E-state index contributed by atoms with van der Waals surface area (Å²) in [4.78, 5) is 0. The summed E-state index contributed by atoms with van der Waals surface area (Å²) in [5.74, 6) is 0.840. The highest BCUT2D eigenvalue weighted by atomic mass is 35.5. The van der Waals surface area contributed by atoms with Crippen molar-refractivity contribution in [1.29, 1.82) is 0 Å². The quantitative estimate of drug-likeness (QED) is 0.884. The molecule has 0 aromatic heterocycles. The second-order valence-electron chi connectivity index (χ2n) is 4.20. The minimum atomic E-state index is -0.185. The summed E-state index contributed by atoms with van der Waals surface area (Å²) in [6.07, 6.45) is 0.676. The van der Waals surface area contributed by atoms with Crippen molar-refractivity contribution in [3.05, 3.63) is 64.1 Å². The van der Waals surface area contributed by atoms with Crippen molar-refractivity contribution in [3.63, 3.8) is 0 Å². The molecule has 0 saturated carbocycles. The van der Waals surface area contributed by atoms with E-state index in [-0.39, 0.29) is 6.04 Å². The zero-order chi connectivity index (χ0) is 13.7. The summed E-state index contributed by atoms with van der Waals surface area (Å²) in [5.41, 5.74) is 6.96. The maximum Gasteiger partial charge on any atom is 0.119 e. The molecular weight excluding hydrogens is 281 g/mol. The van der Waals surface area contributed by atoms with Gasteiger partial charge in [0, 0.05) is 12.5 Å². The van der Waals surface area contributed by atoms with Gasteiger partial charge in [0.05, 0.1) is 16.7 Å². The monoisotopic (exact) mass is 295 g/mol. The topological polar surface area (TPSA) is 35.2 Å². The van der Waals surface area contributed by atoms with E-state index in [2.05, 4.69) is 0 Å². The van der Waals surface area contributed by atoms with E-state index in [0.717, 1.165) is 11.3 Å². The van der Waals surface area contributed by atoms with Crippen LogP contribution < -0.4 is 10.5 Å². The van der Waals surface area contributed by atoms with Crippen molar-refractivity contribution >= 4 is 23.2 Å². The largest absolute Gasteiger partial charge is 0.494 e. The van der Waals surface area contributed by atoms with Gasteiger partial charge in [-0.3, -0.25) is 0 Å². The van der Waals surface area contributed by atoms with Crippen LogP contribution in [0.15, 0.2) is 48.5 Å². The zero-order valence-corrected chi connectivity index (χ0v) is 11.9. The number of benzene rings is 2. The Morgan fingerprint density at radius 1 is 1.00 bits per heavy atom. The van der Waals surface area contributed by atoms with Crippen LogP contribution in [0, 0.1) is 0 Å². The van der Waals surface area contributed by atoms with E-state index in [4.69, 9.17) is 33.7 Å². The van der Waals surface area contributed by atoms with Gasteiger partial charge in [0.25, 0.3) is 0 Å². The Labute approximate surface area is 123 Å². The first kappa shape index (κ1) is 14.2. The molecule has 2 aromatic rings. The fourth-order valence-electron chi connectivity index (χ4n) is 1.78. The molecule has 4 heteroatoms. The molecule has 0 fully saturated rings. The normalized spacial score (nSPS) is 12.2. The molecular formula is C15H15Cl2NO. The van der Waals surface area contributed by atoms with Gasteiger partial charge < -0.3 is 10.5 Å².